The lowest BCUT2D eigenvalue weighted by atomic mass is 10.2. The lowest BCUT2D eigenvalue weighted by molar-refractivity contribution is -0.119. The predicted octanol–water partition coefficient (Wildman–Crippen LogP) is 0.463. The Morgan fingerprint density at radius 1 is 1.36 bits per heavy atom. The second kappa shape index (κ2) is 5.82. The molecule has 1 heterocycles. The Hall–Kier alpha value is -1.71. The standard InChI is InChI=1S/C13H16N2O5S2/c1-3-8-14-22(19,20)12-6-4-11(5-7-12)15-13(16)10(2)9-21(15,17)18/h3-7,10,14H,1,8-9H2,2H3. The molecule has 1 aliphatic heterocycles. The molecule has 120 valence electrons. The second-order valence-electron chi connectivity index (χ2n) is 4.92. The Labute approximate surface area is 129 Å². The molecule has 1 aromatic rings. The Morgan fingerprint density at radius 3 is 2.41 bits per heavy atom. The van der Waals surface area contributed by atoms with Crippen molar-refractivity contribution in [1.82, 2.24) is 4.72 Å². The molecule has 1 aliphatic rings. The van der Waals surface area contributed by atoms with E-state index in [1.807, 2.05) is 0 Å². The van der Waals surface area contributed by atoms with Crippen LogP contribution in [0.3, 0.4) is 0 Å². The molecule has 7 nitrogen and oxygen atoms in total. The van der Waals surface area contributed by atoms with E-state index < -0.39 is 31.9 Å². The molecule has 1 N–H and O–H groups in total. The van der Waals surface area contributed by atoms with Gasteiger partial charge in [-0.3, -0.25) is 4.79 Å². The first kappa shape index (κ1) is 16.7. The average molecular weight is 344 g/mol. The summed E-state index contributed by atoms with van der Waals surface area (Å²) < 4.78 is 50.8. The van der Waals surface area contributed by atoms with Crippen molar-refractivity contribution in [3.05, 3.63) is 36.9 Å². The summed E-state index contributed by atoms with van der Waals surface area (Å²) in [5.74, 6) is -1.37. The van der Waals surface area contributed by atoms with Crippen molar-refractivity contribution < 1.29 is 21.6 Å². The molecule has 0 aromatic heterocycles. The first-order valence-electron chi connectivity index (χ1n) is 6.46. The minimum Gasteiger partial charge on any atom is -0.273 e. The molecule has 1 atom stereocenters. The summed E-state index contributed by atoms with van der Waals surface area (Å²) in [7, 11) is -7.39. The van der Waals surface area contributed by atoms with E-state index in [2.05, 4.69) is 11.3 Å². The lowest BCUT2D eigenvalue weighted by Crippen LogP contribution is -2.30. The third-order valence-electron chi connectivity index (χ3n) is 3.16. The van der Waals surface area contributed by atoms with Gasteiger partial charge in [-0.1, -0.05) is 13.0 Å². The highest BCUT2D eigenvalue weighted by molar-refractivity contribution is 7.94. The van der Waals surface area contributed by atoms with Gasteiger partial charge >= 0.3 is 0 Å². The number of sulfonamides is 2. The van der Waals surface area contributed by atoms with Crippen molar-refractivity contribution in [1.29, 1.82) is 0 Å². The van der Waals surface area contributed by atoms with Crippen LogP contribution in [0.5, 0.6) is 0 Å². The van der Waals surface area contributed by atoms with Crippen LogP contribution in [0.2, 0.25) is 0 Å². The fraction of sp³-hybridized carbons (Fsp3) is 0.308. The molecule has 0 saturated carbocycles. The van der Waals surface area contributed by atoms with E-state index in [-0.39, 0.29) is 22.9 Å². The number of anilines is 1. The van der Waals surface area contributed by atoms with Gasteiger partial charge in [-0.2, -0.15) is 0 Å². The zero-order valence-electron chi connectivity index (χ0n) is 11.9. The molecule has 0 aliphatic carbocycles. The molecule has 22 heavy (non-hydrogen) atoms. The maximum Gasteiger partial charge on any atom is 0.244 e. The summed E-state index contributed by atoms with van der Waals surface area (Å²) >= 11 is 0. The average Bonchev–Trinajstić information content (AvgIpc) is 2.65. The van der Waals surface area contributed by atoms with E-state index in [9.17, 15) is 21.6 Å². The summed E-state index contributed by atoms with van der Waals surface area (Å²) in [5, 5.41) is 0. The lowest BCUT2D eigenvalue weighted by Gasteiger charge is -2.15. The van der Waals surface area contributed by atoms with Crippen LogP contribution in [0.25, 0.3) is 0 Å². The van der Waals surface area contributed by atoms with Gasteiger partial charge in [0.2, 0.25) is 26.0 Å². The van der Waals surface area contributed by atoms with Crippen LogP contribution in [0, 0.1) is 5.92 Å². The first-order valence-corrected chi connectivity index (χ1v) is 9.56. The number of hydrogen-bond acceptors (Lipinski definition) is 5. The van der Waals surface area contributed by atoms with Gasteiger partial charge in [-0.05, 0) is 24.3 Å². The quantitative estimate of drug-likeness (QED) is 0.782. The summed E-state index contributed by atoms with van der Waals surface area (Å²) in [6, 6.07) is 5.12. The monoisotopic (exact) mass is 344 g/mol. The number of nitrogens with zero attached hydrogens (tertiary/aromatic N) is 1. The van der Waals surface area contributed by atoms with E-state index in [0.717, 1.165) is 4.31 Å². The van der Waals surface area contributed by atoms with Crippen LogP contribution in [0.1, 0.15) is 6.92 Å². The summed E-state index contributed by atoms with van der Waals surface area (Å²) in [5.41, 5.74) is 0.136. The number of nitrogens with one attached hydrogen (secondary N) is 1. The van der Waals surface area contributed by atoms with Gasteiger partial charge in [0.05, 0.1) is 22.3 Å². The second-order valence-corrected chi connectivity index (χ2v) is 8.55. The van der Waals surface area contributed by atoms with Gasteiger partial charge in [0.1, 0.15) is 0 Å². The Bertz CT molecular complexity index is 797. The molecule has 2 rings (SSSR count). The van der Waals surface area contributed by atoms with Gasteiger partial charge in [-0.15, -0.1) is 6.58 Å². The van der Waals surface area contributed by atoms with Crippen LogP contribution in [-0.2, 0) is 24.8 Å². The molecule has 0 spiro atoms. The molecule has 0 bridgehead atoms. The van der Waals surface area contributed by atoms with Gasteiger partial charge in [0, 0.05) is 6.54 Å². The number of rotatable bonds is 5. The fourth-order valence-corrected chi connectivity index (χ4v) is 4.92. The smallest absolute Gasteiger partial charge is 0.244 e. The van der Waals surface area contributed by atoms with Crippen LogP contribution in [-0.4, -0.2) is 35.0 Å². The van der Waals surface area contributed by atoms with Crippen LogP contribution in [0.15, 0.2) is 41.8 Å². The fourth-order valence-electron chi connectivity index (χ4n) is 2.10. The maximum absolute atomic E-state index is 12.0. The zero-order valence-corrected chi connectivity index (χ0v) is 13.5. The normalized spacial score (nSPS) is 21.0. The Kier molecular flexibility index (Phi) is 4.41. The minimum absolute atomic E-state index is 0.0183. The Morgan fingerprint density at radius 2 is 1.95 bits per heavy atom. The van der Waals surface area contributed by atoms with Crippen molar-refractivity contribution in [3.63, 3.8) is 0 Å². The third kappa shape index (κ3) is 3.06. The molecule has 1 amide bonds. The summed E-state index contributed by atoms with van der Waals surface area (Å²) in [6.45, 7) is 5.04. The van der Waals surface area contributed by atoms with Crippen molar-refractivity contribution in [2.75, 3.05) is 16.6 Å². The highest BCUT2D eigenvalue weighted by atomic mass is 32.2. The van der Waals surface area contributed by atoms with Crippen molar-refractivity contribution >= 4 is 31.6 Å². The number of hydrogen-bond donors (Lipinski definition) is 1. The Balaban J connectivity index is 2.34. The SMILES string of the molecule is C=CCNS(=O)(=O)c1ccc(N2C(=O)C(C)CS2(=O)=O)cc1. The van der Waals surface area contributed by atoms with Crippen molar-refractivity contribution in [2.45, 2.75) is 11.8 Å². The molecule has 1 fully saturated rings. The molecular formula is C13H16N2O5S2. The number of benzene rings is 1. The number of carbonyl (C=O) groups is 1. The largest absolute Gasteiger partial charge is 0.273 e. The highest BCUT2D eigenvalue weighted by Crippen LogP contribution is 2.28. The van der Waals surface area contributed by atoms with Gasteiger partial charge in [-0.25, -0.2) is 25.9 Å². The maximum atomic E-state index is 12.0. The highest BCUT2D eigenvalue weighted by Gasteiger charge is 2.41. The molecule has 1 aromatic carbocycles. The zero-order chi connectivity index (χ0) is 16.5. The summed E-state index contributed by atoms with van der Waals surface area (Å²) in [6.07, 6.45) is 1.41. The van der Waals surface area contributed by atoms with Crippen LogP contribution >= 0.6 is 0 Å². The third-order valence-corrected chi connectivity index (χ3v) is 6.47. The molecule has 0 radical (unpaired) electrons. The first-order chi connectivity index (χ1) is 10.2. The van der Waals surface area contributed by atoms with E-state index in [0.29, 0.717) is 0 Å². The molecule has 9 heteroatoms. The summed E-state index contributed by atoms with van der Waals surface area (Å²) in [4.78, 5) is 11.9. The minimum atomic E-state index is -3.70. The van der Waals surface area contributed by atoms with Gasteiger partial charge < -0.3 is 0 Å². The van der Waals surface area contributed by atoms with Crippen molar-refractivity contribution in [2.24, 2.45) is 5.92 Å². The number of carbonyl (C=O) groups excluding carboxylic acids is 1. The molecule has 1 unspecified atom stereocenters. The van der Waals surface area contributed by atoms with E-state index in [1.165, 1.54) is 37.3 Å². The van der Waals surface area contributed by atoms with E-state index in [4.69, 9.17) is 0 Å². The number of amides is 1. The van der Waals surface area contributed by atoms with Crippen LogP contribution < -0.4 is 9.03 Å². The van der Waals surface area contributed by atoms with Crippen molar-refractivity contribution in [3.8, 4) is 0 Å². The van der Waals surface area contributed by atoms with Crippen LogP contribution in [0.4, 0.5) is 5.69 Å². The topological polar surface area (TPSA) is 101 Å². The van der Waals surface area contributed by atoms with E-state index >= 15 is 0 Å². The molecule has 1 saturated heterocycles. The van der Waals surface area contributed by atoms with Gasteiger partial charge in [0.15, 0.2) is 0 Å². The van der Waals surface area contributed by atoms with E-state index in [1.54, 1.807) is 0 Å². The van der Waals surface area contributed by atoms with Gasteiger partial charge in [0.25, 0.3) is 0 Å². The molecular weight excluding hydrogens is 328 g/mol. The predicted molar refractivity (Wildman–Crippen MR) is 82.3 cm³/mol.